The van der Waals surface area contributed by atoms with Gasteiger partial charge >= 0.3 is 0 Å². The number of aromatic nitrogens is 12. The lowest BCUT2D eigenvalue weighted by molar-refractivity contribution is -0.118. The number of nitrogens with zero attached hydrogens (tertiary/aromatic N) is 12. The van der Waals surface area contributed by atoms with Crippen LogP contribution in [-0.2, 0) is 37.8 Å². The van der Waals surface area contributed by atoms with Gasteiger partial charge in [0.15, 0.2) is 0 Å². The molecule has 360 valence electrons. The van der Waals surface area contributed by atoms with E-state index in [0.29, 0.717) is 23.0 Å². The summed E-state index contributed by atoms with van der Waals surface area (Å²) in [5.41, 5.74) is 25.5. The van der Waals surface area contributed by atoms with Crippen molar-refractivity contribution in [2.45, 2.75) is 38.5 Å². The second kappa shape index (κ2) is 18.0. The van der Waals surface area contributed by atoms with Crippen LogP contribution in [0, 0.1) is 25.7 Å². The van der Waals surface area contributed by atoms with Crippen LogP contribution in [-0.4, -0.2) is 70.9 Å². The van der Waals surface area contributed by atoms with E-state index < -0.39 is 0 Å². The Kier molecular flexibility index (Phi) is 11.4. The Morgan fingerprint density at radius 1 is 0.556 bits per heavy atom. The molecular weight excluding hydrogens is 905 g/mol. The summed E-state index contributed by atoms with van der Waals surface area (Å²) < 4.78 is 7.05. The van der Waals surface area contributed by atoms with Crippen molar-refractivity contribution in [1.82, 2.24) is 59.1 Å². The molecule has 0 unspecified atom stereocenters. The number of amides is 2. The van der Waals surface area contributed by atoms with Crippen molar-refractivity contribution in [2.24, 2.45) is 40.0 Å². The largest absolute Gasteiger partial charge is 0.398 e. The van der Waals surface area contributed by atoms with Gasteiger partial charge in [0.05, 0.1) is 23.8 Å². The van der Waals surface area contributed by atoms with Gasteiger partial charge in [-0.05, 0) is 143 Å². The first-order valence-electron chi connectivity index (χ1n) is 23.6. The summed E-state index contributed by atoms with van der Waals surface area (Å²) in [5.74, 6) is 1.24. The van der Waals surface area contributed by atoms with Crippen molar-refractivity contribution in [3.8, 4) is 45.0 Å². The molecule has 2 aliphatic carbocycles. The SMILES string of the molecule is Cc1ccnc(-c2ccn(C)n2)c1-c1cc(N)c2cnc(NC(=O)[C@H]3C[C@@H]3c3cnn(C)c3)cc2c1.Cc1ccnc(-c2ccn(C)n2)c1-c1cc(N)c2cnc(NC(=O)[C@H]3C[C@@H]3c3cnn(C)c3)cc2c1. The molecule has 2 amide bonds. The fraction of sp³-hybridized carbons (Fsp3) is 0.222. The fourth-order valence-electron chi connectivity index (χ4n) is 9.72. The van der Waals surface area contributed by atoms with Gasteiger partial charge in [0.2, 0.25) is 11.8 Å². The number of carbonyl (C=O) groups is 2. The van der Waals surface area contributed by atoms with Gasteiger partial charge in [-0.3, -0.25) is 38.3 Å². The van der Waals surface area contributed by atoms with Gasteiger partial charge in [-0.15, -0.1) is 0 Å². The number of carbonyl (C=O) groups excluding carboxylic acids is 2. The highest BCUT2D eigenvalue weighted by atomic mass is 16.2. The zero-order chi connectivity index (χ0) is 49.9. The maximum absolute atomic E-state index is 12.9. The highest BCUT2D eigenvalue weighted by Crippen LogP contribution is 2.49. The van der Waals surface area contributed by atoms with E-state index in [1.807, 2.05) is 114 Å². The summed E-state index contributed by atoms with van der Waals surface area (Å²) in [6.45, 7) is 4.10. The molecule has 2 fully saturated rings. The minimum Gasteiger partial charge on any atom is -0.398 e. The topological polar surface area (TPSA) is 233 Å². The molecule has 2 aliphatic rings. The Hall–Kier alpha value is -9.06. The van der Waals surface area contributed by atoms with Crippen molar-refractivity contribution in [2.75, 3.05) is 22.1 Å². The van der Waals surface area contributed by atoms with Gasteiger partial charge in [-0.2, -0.15) is 20.4 Å². The van der Waals surface area contributed by atoms with E-state index in [9.17, 15) is 9.59 Å². The predicted molar refractivity (Wildman–Crippen MR) is 278 cm³/mol. The van der Waals surface area contributed by atoms with E-state index in [1.165, 1.54) is 0 Å². The molecule has 0 saturated heterocycles. The summed E-state index contributed by atoms with van der Waals surface area (Å²) in [6, 6.07) is 19.6. The van der Waals surface area contributed by atoms with E-state index in [2.05, 4.69) is 76.9 Å². The lowest BCUT2D eigenvalue weighted by atomic mass is 9.95. The molecule has 0 spiro atoms. The van der Waals surface area contributed by atoms with Crippen LogP contribution in [0.3, 0.4) is 0 Å². The maximum Gasteiger partial charge on any atom is 0.229 e. The molecule has 0 aliphatic heterocycles. The average Bonchev–Trinajstić information content (AvgIpc) is 4.07. The zero-order valence-corrected chi connectivity index (χ0v) is 40.6. The number of rotatable bonds is 10. The molecule has 12 rings (SSSR count). The maximum atomic E-state index is 12.9. The number of benzene rings is 2. The monoisotopic (exact) mass is 956 g/mol. The quantitative estimate of drug-likeness (QED) is 0.0952. The van der Waals surface area contributed by atoms with Gasteiger partial charge in [-0.1, -0.05) is 0 Å². The molecule has 0 bridgehead atoms. The number of nitrogen functional groups attached to an aromatic ring is 2. The normalized spacial score (nSPS) is 16.9. The molecule has 18 nitrogen and oxygen atoms in total. The summed E-state index contributed by atoms with van der Waals surface area (Å²) in [5, 5.41) is 27.0. The Morgan fingerprint density at radius 2 is 0.986 bits per heavy atom. The van der Waals surface area contributed by atoms with Crippen molar-refractivity contribution in [3.63, 3.8) is 0 Å². The fourth-order valence-corrected chi connectivity index (χ4v) is 9.72. The number of anilines is 4. The molecule has 0 radical (unpaired) electrons. The molecule has 6 N–H and O–H groups in total. The van der Waals surface area contributed by atoms with Gasteiger partial charge in [-0.25, -0.2) is 9.97 Å². The number of nitrogens with one attached hydrogen (secondary N) is 2. The van der Waals surface area contributed by atoms with Crippen LogP contribution in [0.25, 0.3) is 66.6 Å². The smallest absolute Gasteiger partial charge is 0.229 e. The highest BCUT2D eigenvalue weighted by molar-refractivity contribution is 6.03. The van der Waals surface area contributed by atoms with Gasteiger partial charge in [0.1, 0.15) is 23.0 Å². The molecule has 10 aromatic rings. The number of fused-ring (bicyclic) bond motifs is 2. The van der Waals surface area contributed by atoms with Crippen LogP contribution < -0.4 is 22.1 Å². The Labute approximate surface area is 414 Å². The molecule has 2 aromatic carbocycles. The lowest BCUT2D eigenvalue weighted by Crippen LogP contribution is -2.15. The molecule has 72 heavy (non-hydrogen) atoms. The van der Waals surface area contributed by atoms with E-state index in [1.54, 1.807) is 43.5 Å². The molecular formula is C54H52N16O2. The van der Waals surface area contributed by atoms with Crippen molar-refractivity contribution >= 4 is 56.4 Å². The molecule has 8 aromatic heterocycles. The second-order valence-electron chi connectivity index (χ2n) is 18.9. The minimum absolute atomic E-state index is 0.0274. The Bertz CT molecular complexity index is 3510. The van der Waals surface area contributed by atoms with Crippen molar-refractivity contribution < 1.29 is 9.59 Å². The second-order valence-corrected chi connectivity index (χ2v) is 18.9. The predicted octanol–water partition coefficient (Wildman–Crippen LogP) is 8.13. The number of hydrogen-bond acceptors (Lipinski definition) is 12. The van der Waals surface area contributed by atoms with Gasteiger partial charge in [0.25, 0.3) is 0 Å². The number of nitrogens with two attached hydrogens (primary N) is 2. The van der Waals surface area contributed by atoms with Crippen LogP contribution in [0.1, 0.15) is 46.9 Å². The number of aryl methyl sites for hydroxylation is 6. The van der Waals surface area contributed by atoms with E-state index in [0.717, 1.165) is 102 Å². The third kappa shape index (κ3) is 8.89. The average molecular weight is 957 g/mol. The van der Waals surface area contributed by atoms with Crippen LogP contribution >= 0.6 is 0 Å². The first-order valence-corrected chi connectivity index (χ1v) is 23.6. The zero-order valence-electron chi connectivity index (χ0n) is 40.6. The van der Waals surface area contributed by atoms with Crippen LogP contribution in [0.2, 0.25) is 0 Å². The Balaban J connectivity index is 0.000000156. The summed E-state index contributed by atoms with van der Waals surface area (Å²) >= 11 is 0. The standard InChI is InChI=1S/2C27H26N8O/c2*1-15-4-6-29-26(23-5-7-34(2)33-23)25(15)17-8-16-10-24(30-13-21(16)22(28)9-17)32-27(36)20-11-19(20)18-12-31-35(3)14-18/h2*4-10,12-14,19-20H,11,28H2,1-3H3,(H,30,32,36)/t2*19-,20+/m11/s1. The summed E-state index contributed by atoms with van der Waals surface area (Å²) in [7, 11) is 7.53. The van der Waals surface area contributed by atoms with Crippen LogP contribution in [0.4, 0.5) is 23.0 Å². The number of pyridine rings is 4. The number of hydrogen-bond donors (Lipinski definition) is 4. The summed E-state index contributed by atoms with van der Waals surface area (Å²) in [6.07, 6.45) is 20.0. The van der Waals surface area contributed by atoms with Gasteiger partial charge < -0.3 is 22.1 Å². The minimum atomic E-state index is -0.0675. The third-order valence-electron chi connectivity index (χ3n) is 13.6. The Morgan fingerprint density at radius 3 is 1.36 bits per heavy atom. The van der Waals surface area contributed by atoms with E-state index >= 15 is 0 Å². The van der Waals surface area contributed by atoms with Gasteiger partial charge in [0, 0.05) is 123 Å². The van der Waals surface area contributed by atoms with Crippen LogP contribution in [0.5, 0.6) is 0 Å². The first kappa shape index (κ1) is 45.4. The summed E-state index contributed by atoms with van der Waals surface area (Å²) in [4.78, 5) is 43.9. The third-order valence-corrected chi connectivity index (χ3v) is 13.6. The lowest BCUT2D eigenvalue weighted by Gasteiger charge is -2.14. The van der Waals surface area contributed by atoms with Crippen LogP contribution in [0.15, 0.2) is 123 Å². The van der Waals surface area contributed by atoms with E-state index in [4.69, 9.17) is 11.5 Å². The van der Waals surface area contributed by atoms with E-state index in [-0.39, 0.29) is 35.5 Å². The van der Waals surface area contributed by atoms with Crippen molar-refractivity contribution in [1.29, 1.82) is 0 Å². The molecule has 4 atom stereocenters. The highest BCUT2D eigenvalue weighted by Gasteiger charge is 2.45. The molecule has 8 heterocycles. The molecule has 18 heteroatoms. The molecule has 2 saturated carbocycles. The van der Waals surface area contributed by atoms with Crippen molar-refractivity contribution in [3.05, 3.63) is 145 Å². The first-order chi connectivity index (χ1) is 34.7.